The van der Waals surface area contributed by atoms with Gasteiger partial charge >= 0.3 is 5.69 Å². The van der Waals surface area contributed by atoms with Crippen molar-refractivity contribution in [3.8, 4) is 0 Å². The van der Waals surface area contributed by atoms with E-state index in [0.717, 1.165) is 18.6 Å². The number of aromatic amines is 1. The number of fused-ring (bicyclic) bond motifs is 2. The largest absolute Gasteiger partial charge is 0.421 e. The Morgan fingerprint density at radius 3 is 2.61 bits per heavy atom. The summed E-state index contributed by atoms with van der Waals surface area (Å²) in [5.41, 5.74) is -2.31. The van der Waals surface area contributed by atoms with Gasteiger partial charge in [0.2, 0.25) is 9.84 Å². The highest BCUT2D eigenvalue weighted by Gasteiger charge is 2.35. The number of hydrogen-bond donors (Lipinski definition) is 2. The van der Waals surface area contributed by atoms with Gasteiger partial charge in [0.15, 0.2) is 0 Å². The van der Waals surface area contributed by atoms with E-state index in [1.54, 1.807) is 12.3 Å². The number of nitrogens with zero attached hydrogens (tertiary/aromatic N) is 2. The van der Waals surface area contributed by atoms with Gasteiger partial charge in [-0.05, 0) is 42.7 Å². The summed E-state index contributed by atoms with van der Waals surface area (Å²) in [5.74, 6) is -0.294. The molecule has 2 atom stereocenters. The van der Waals surface area contributed by atoms with Crippen LogP contribution in [0.25, 0.3) is 21.8 Å². The number of benzene rings is 2. The quantitative estimate of drug-likeness (QED) is 0.453. The Morgan fingerprint density at radius 2 is 1.94 bits per heavy atom. The molecule has 0 amide bonds. The van der Waals surface area contributed by atoms with Crippen molar-refractivity contribution in [2.45, 2.75) is 29.2 Å². The first-order valence-corrected chi connectivity index (χ1v) is 11.2. The average molecular weight is 464 g/mol. The minimum Gasteiger partial charge on any atom is -0.421 e. The van der Waals surface area contributed by atoms with Crippen molar-refractivity contribution in [3.63, 3.8) is 0 Å². The fourth-order valence-corrected chi connectivity index (χ4v) is 5.61. The Hall–Kier alpha value is -3.11. The maximum atomic E-state index is 14.8. The molecule has 2 aromatic carbocycles. The van der Waals surface area contributed by atoms with Gasteiger partial charge in [0, 0.05) is 17.6 Å². The lowest BCUT2D eigenvalue weighted by atomic mass is 10.2. The first kappa shape index (κ1) is 19.8. The van der Waals surface area contributed by atoms with Crippen molar-refractivity contribution >= 4 is 43.2 Å². The molecule has 2 heterocycles. The van der Waals surface area contributed by atoms with Crippen LogP contribution in [0.15, 0.2) is 55.9 Å². The van der Waals surface area contributed by atoms with Gasteiger partial charge < -0.3 is 14.8 Å². The molecule has 1 fully saturated rings. The van der Waals surface area contributed by atoms with Gasteiger partial charge in [-0.3, -0.25) is 4.79 Å². The summed E-state index contributed by atoms with van der Waals surface area (Å²) in [6.07, 6.45) is 2.65. The second-order valence-corrected chi connectivity index (χ2v) is 10.0. The molecule has 8 nitrogen and oxygen atoms in total. The fraction of sp³-hybridized carbons (Fsp3) is 0.200. The molecule has 1 saturated carbocycles. The number of H-pyrrole nitrogens is 1. The summed E-state index contributed by atoms with van der Waals surface area (Å²) in [6, 6.07) is 6.35. The molecular formula is C20H15ClFN3O5S. The highest BCUT2D eigenvalue weighted by Crippen LogP contribution is 2.45. The summed E-state index contributed by atoms with van der Waals surface area (Å²) in [7, 11) is -4.37. The van der Waals surface area contributed by atoms with E-state index in [9.17, 15) is 27.6 Å². The fourth-order valence-electron chi connectivity index (χ4n) is 3.93. The van der Waals surface area contributed by atoms with Gasteiger partial charge in [-0.15, -0.1) is 0 Å². The van der Waals surface area contributed by atoms with Crippen molar-refractivity contribution in [3.05, 3.63) is 68.2 Å². The third-order valence-corrected chi connectivity index (χ3v) is 7.82. The molecule has 160 valence electrons. The second kappa shape index (κ2) is 6.44. The predicted molar refractivity (Wildman–Crippen MR) is 111 cm³/mol. The highest BCUT2D eigenvalue weighted by atomic mass is 35.5. The molecule has 5 rings (SSSR count). The lowest BCUT2D eigenvalue weighted by molar-refractivity contribution is 0.162. The number of aromatic nitrogens is 3. The molecule has 2 N–H and O–H groups in total. The molecule has 0 spiro atoms. The van der Waals surface area contributed by atoms with Crippen LogP contribution in [-0.2, 0) is 9.84 Å². The molecule has 0 bridgehead atoms. The normalized spacial score (nSPS) is 18.7. The van der Waals surface area contributed by atoms with Gasteiger partial charge in [0.1, 0.15) is 5.82 Å². The van der Waals surface area contributed by atoms with Gasteiger partial charge in [-0.25, -0.2) is 17.6 Å². The van der Waals surface area contributed by atoms with Crippen LogP contribution in [0.2, 0.25) is 5.02 Å². The zero-order valence-corrected chi connectivity index (χ0v) is 17.5. The average Bonchev–Trinajstić information content (AvgIpc) is 3.27. The standard InChI is InChI=1S/C20H15ClFN3O5S/c1-9-6-14(9)24-5-4-11-13(22)7-10(8-15(11)24)31(29,30)16-3-2-12(21)17-18(16)23-20(27)25(28)19(17)26/h2-5,7-9,14,28H,6H2,1H3,(H,23,27)/t9-,14-/m1/s1. The van der Waals surface area contributed by atoms with Crippen LogP contribution in [-0.4, -0.2) is 27.9 Å². The molecule has 11 heteroatoms. The van der Waals surface area contributed by atoms with Crippen LogP contribution in [0.3, 0.4) is 0 Å². The molecule has 0 radical (unpaired) electrons. The van der Waals surface area contributed by atoms with E-state index in [1.807, 2.05) is 4.57 Å². The first-order chi connectivity index (χ1) is 14.6. The summed E-state index contributed by atoms with van der Waals surface area (Å²) in [5, 5.41) is 9.35. The van der Waals surface area contributed by atoms with Crippen LogP contribution in [0.1, 0.15) is 19.4 Å². The van der Waals surface area contributed by atoms with E-state index in [-0.39, 0.29) is 31.6 Å². The lowest BCUT2D eigenvalue weighted by Crippen LogP contribution is -2.33. The van der Waals surface area contributed by atoms with Crippen LogP contribution in [0.5, 0.6) is 0 Å². The number of nitrogens with one attached hydrogen (secondary N) is 1. The van der Waals surface area contributed by atoms with Crippen LogP contribution in [0, 0.1) is 11.7 Å². The minimum absolute atomic E-state index is 0.156. The molecule has 2 aromatic heterocycles. The van der Waals surface area contributed by atoms with Crippen molar-refractivity contribution in [1.29, 1.82) is 0 Å². The molecule has 0 aliphatic heterocycles. The highest BCUT2D eigenvalue weighted by molar-refractivity contribution is 7.91. The van der Waals surface area contributed by atoms with Gasteiger partial charge in [-0.1, -0.05) is 23.3 Å². The molecule has 31 heavy (non-hydrogen) atoms. The smallest absolute Gasteiger partial charge is 0.362 e. The molecule has 1 aliphatic carbocycles. The molecule has 0 saturated heterocycles. The zero-order valence-electron chi connectivity index (χ0n) is 16.0. The maximum absolute atomic E-state index is 14.8. The SMILES string of the molecule is C[C@@H]1C[C@H]1n1ccc2c(F)cc(S(=O)(=O)c3ccc(Cl)c4c(=O)n(O)c(=O)[nH]c34)cc21. The van der Waals surface area contributed by atoms with Crippen LogP contribution >= 0.6 is 11.6 Å². The topological polar surface area (TPSA) is 114 Å². The third kappa shape index (κ3) is 2.82. The predicted octanol–water partition coefficient (Wildman–Crippen LogP) is 3.09. The Kier molecular flexibility index (Phi) is 4.12. The monoisotopic (exact) mass is 463 g/mol. The van der Waals surface area contributed by atoms with Crippen LogP contribution in [0.4, 0.5) is 4.39 Å². The Balaban J connectivity index is 1.80. The Bertz CT molecular complexity index is 1640. The summed E-state index contributed by atoms with van der Waals surface area (Å²) >= 11 is 6.01. The van der Waals surface area contributed by atoms with E-state index in [0.29, 0.717) is 16.8 Å². The number of halogens is 2. The molecular weight excluding hydrogens is 449 g/mol. The molecule has 4 aromatic rings. The lowest BCUT2D eigenvalue weighted by Gasteiger charge is -2.11. The van der Waals surface area contributed by atoms with E-state index >= 15 is 0 Å². The number of hydrogen-bond acceptors (Lipinski definition) is 5. The van der Waals surface area contributed by atoms with E-state index in [1.165, 1.54) is 12.1 Å². The van der Waals surface area contributed by atoms with Gasteiger partial charge in [0.05, 0.1) is 31.2 Å². The summed E-state index contributed by atoms with van der Waals surface area (Å²) < 4.78 is 43.3. The summed E-state index contributed by atoms with van der Waals surface area (Å²) in [4.78, 5) is 25.6. The van der Waals surface area contributed by atoms with Crippen LogP contribution < -0.4 is 11.2 Å². The van der Waals surface area contributed by atoms with E-state index < -0.39 is 31.8 Å². The molecule has 0 unspecified atom stereocenters. The first-order valence-electron chi connectivity index (χ1n) is 9.33. The Labute approximate surface area is 179 Å². The third-order valence-electron chi connectivity index (χ3n) is 5.73. The van der Waals surface area contributed by atoms with Gasteiger partial charge in [0.25, 0.3) is 5.56 Å². The van der Waals surface area contributed by atoms with E-state index in [2.05, 4.69) is 11.9 Å². The number of rotatable bonds is 3. The van der Waals surface area contributed by atoms with Gasteiger partial charge in [-0.2, -0.15) is 0 Å². The minimum atomic E-state index is -4.37. The van der Waals surface area contributed by atoms with Crippen molar-refractivity contribution in [2.75, 3.05) is 0 Å². The molecule has 1 aliphatic rings. The zero-order chi connectivity index (χ0) is 22.2. The summed E-state index contributed by atoms with van der Waals surface area (Å²) in [6.45, 7) is 2.05. The van der Waals surface area contributed by atoms with Crippen molar-refractivity contribution < 1.29 is 18.0 Å². The maximum Gasteiger partial charge on any atom is 0.362 e. The van der Waals surface area contributed by atoms with Crippen molar-refractivity contribution in [1.82, 2.24) is 14.3 Å². The Morgan fingerprint density at radius 1 is 1.23 bits per heavy atom. The number of sulfone groups is 1. The van der Waals surface area contributed by atoms with E-state index in [4.69, 9.17) is 11.6 Å². The van der Waals surface area contributed by atoms with Crippen molar-refractivity contribution in [2.24, 2.45) is 5.92 Å². The second-order valence-electron chi connectivity index (χ2n) is 7.69.